The second-order valence-electron chi connectivity index (χ2n) is 4.02. The van der Waals surface area contributed by atoms with E-state index in [2.05, 4.69) is 4.98 Å². The Bertz CT molecular complexity index is 722. The van der Waals surface area contributed by atoms with Crippen LogP contribution in [0.25, 0.3) is 16.7 Å². The summed E-state index contributed by atoms with van der Waals surface area (Å²) in [7, 11) is 0. The van der Waals surface area contributed by atoms with Crippen LogP contribution in [0.15, 0.2) is 54.9 Å². The molecule has 0 unspecified atom stereocenters. The number of para-hydroxylation sites is 1. The van der Waals surface area contributed by atoms with E-state index in [1.165, 1.54) is 0 Å². The normalized spacial score (nSPS) is 10.1. The molecule has 0 aliphatic carbocycles. The van der Waals surface area contributed by atoms with Crippen molar-refractivity contribution in [3.8, 4) is 5.69 Å². The molecule has 96 valence electrons. The number of halogens is 1. The third-order valence-electron chi connectivity index (χ3n) is 2.87. The zero-order valence-corrected chi connectivity index (χ0v) is 10.8. The van der Waals surface area contributed by atoms with Gasteiger partial charge in [0.25, 0.3) is 0 Å². The Kier molecular flexibility index (Phi) is 3.53. The lowest BCUT2D eigenvalue weighted by Crippen LogP contribution is -2.10. The molecule has 2 aromatic carbocycles. The molecule has 0 aliphatic heterocycles. The van der Waals surface area contributed by atoms with Crippen LogP contribution in [0.1, 0.15) is 10.4 Å². The van der Waals surface area contributed by atoms with E-state index in [1.807, 2.05) is 41.0 Å². The van der Waals surface area contributed by atoms with Crippen LogP contribution in [0.3, 0.4) is 0 Å². The van der Waals surface area contributed by atoms with Crippen LogP contribution < -0.4 is 5.73 Å². The fourth-order valence-electron chi connectivity index (χ4n) is 1.96. The number of carbonyl (C=O) groups excluding carboxylic acids is 1. The van der Waals surface area contributed by atoms with E-state index in [0.717, 1.165) is 16.7 Å². The lowest BCUT2D eigenvalue weighted by molar-refractivity contribution is 0.100. The maximum atomic E-state index is 11.1. The first-order valence-corrected chi connectivity index (χ1v) is 5.58. The van der Waals surface area contributed by atoms with E-state index in [1.54, 1.807) is 18.5 Å². The Morgan fingerprint density at radius 3 is 2.53 bits per heavy atom. The van der Waals surface area contributed by atoms with Gasteiger partial charge in [-0.3, -0.25) is 9.36 Å². The van der Waals surface area contributed by atoms with Gasteiger partial charge in [-0.2, -0.15) is 0 Å². The second-order valence-corrected chi connectivity index (χ2v) is 4.02. The molecule has 0 fully saturated rings. The van der Waals surface area contributed by atoms with Crippen molar-refractivity contribution in [1.82, 2.24) is 9.55 Å². The van der Waals surface area contributed by atoms with Crippen molar-refractivity contribution in [1.29, 1.82) is 0 Å². The van der Waals surface area contributed by atoms with Crippen molar-refractivity contribution in [3.05, 3.63) is 60.4 Å². The van der Waals surface area contributed by atoms with Gasteiger partial charge < -0.3 is 5.73 Å². The number of imidazole rings is 1. The molecule has 0 saturated heterocycles. The predicted octanol–water partition coefficient (Wildman–Crippen LogP) is 2.55. The lowest BCUT2D eigenvalue weighted by atomic mass is 10.2. The fraction of sp³-hybridized carbons (Fsp3) is 0. The van der Waals surface area contributed by atoms with Crippen molar-refractivity contribution in [2.45, 2.75) is 0 Å². The van der Waals surface area contributed by atoms with Crippen LogP contribution in [0.4, 0.5) is 0 Å². The monoisotopic (exact) mass is 273 g/mol. The minimum Gasteiger partial charge on any atom is -0.366 e. The van der Waals surface area contributed by atoms with Gasteiger partial charge in [0.05, 0.1) is 11.0 Å². The number of benzene rings is 2. The molecular weight excluding hydrogens is 262 g/mol. The van der Waals surface area contributed by atoms with Crippen LogP contribution in [-0.4, -0.2) is 15.5 Å². The fourth-order valence-corrected chi connectivity index (χ4v) is 1.96. The van der Waals surface area contributed by atoms with Gasteiger partial charge in [-0.25, -0.2) is 4.98 Å². The van der Waals surface area contributed by atoms with Gasteiger partial charge >= 0.3 is 0 Å². The van der Waals surface area contributed by atoms with Crippen molar-refractivity contribution in [2.75, 3.05) is 0 Å². The highest BCUT2D eigenvalue weighted by molar-refractivity contribution is 5.96. The topological polar surface area (TPSA) is 60.9 Å². The zero-order valence-electron chi connectivity index (χ0n) is 9.98. The van der Waals surface area contributed by atoms with Gasteiger partial charge in [0.1, 0.15) is 6.33 Å². The summed E-state index contributed by atoms with van der Waals surface area (Å²) in [4.78, 5) is 15.4. The van der Waals surface area contributed by atoms with Crippen LogP contribution in [-0.2, 0) is 0 Å². The standard InChI is InChI=1S/C14H11N3O.ClH/c15-14(18)10-6-7-13-12(8-10)16-9-17(13)11-4-2-1-3-5-11;/h1-9H,(H2,15,18);1H. The smallest absolute Gasteiger partial charge is 0.248 e. The molecule has 2 N–H and O–H groups in total. The van der Waals surface area contributed by atoms with Crippen LogP contribution in [0.2, 0.25) is 0 Å². The summed E-state index contributed by atoms with van der Waals surface area (Å²) in [6.07, 6.45) is 1.74. The van der Waals surface area contributed by atoms with Gasteiger partial charge in [-0.05, 0) is 30.3 Å². The Morgan fingerprint density at radius 2 is 1.84 bits per heavy atom. The Labute approximate surface area is 116 Å². The number of amides is 1. The van der Waals surface area contributed by atoms with Crippen molar-refractivity contribution in [2.24, 2.45) is 5.73 Å². The Morgan fingerprint density at radius 1 is 1.11 bits per heavy atom. The largest absolute Gasteiger partial charge is 0.366 e. The first-order chi connectivity index (χ1) is 8.75. The first kappa shape index (κ1) is 13.1. The molecule has 1 heterocycles. The summed E-state index contributed by atoms with van der Waals surface area (Å²) in [5.74, 6) is -0.439. The maximum Gasteiger partial charge on any atom is 0.248 e. The quantitative estimate of drug-likeness (QED) is 0.780. The van der Waals surface area contributed by atoms with Crippen LogP contribution in [0, 0.1) is 0 Å². The molecule has 3 aromatic rings. The SMILES string of the molecule is Cl.NC(=O)c1ccc2c(c1)ncn2-c1ccccc1. The highest BCUT2D eigenvalue weighted by Gasteiger charge is 2.07. The summed E-state index contributed by atoms with van der Waals surface area (Å²) in [6.45, 7) is 0. The molecule has 4 nitrogen and oxygen atoms in total. The van der Waals surface area contributed by atoms with E-state index in [-0.39, 0.29) is 12.4 Å². The second kappa shape index (κ2) is 5.12. The molecular formula is C14H12ClN3O. The van der Waals surface area contributed by atoms with Crippen molar-refractivity contribution < 1.29 is 4.79 Å². The van der Waals surface area contributed by atoms with Crippen molar-refractivity contribution in [3.63, 3.8) is 0 Å². The highest BCUT2D eigenvalue weighted by atomic mass is 35.5. The third kappa shape index (κ3) is 2.30. The van der Waals surface area contributed by atoms with Gasteiger partial charge in [0.15, 0.2) is 0 Å². The molecule has 0 spiro atoms. The summed E-state index contributed by atoms with van der Waals surface area (Å²) in [5.41, 5.74) is 8.47. The molecule has 0 atom stereocenters. The molecule has 1 aromatic heterocycles. The van der Waals surface area contributed by atoms with Crippen molar-refractivity contribution >= 4 is 29.3 Å². The molecule has 3 rings (SSSR count). The number of hydrogen-bond donors (Lipinski definition) is 1. The summed E-state index contributed by atoms with van der Waals surface area (Å²) >= 11 is 0. The zero-order chi connectivity index (χ0) is 12.5. The van der Waals surface area contributed by atoms with Gasteiger partial charge in [-0.1, -0.05) is 18.2 Å². The number of primary amides is 1. The van der Waals surface area contributed by atoms with E-state index >= 15 is 0 Å². The number of aromatic nitrogens is 2. The van der Waals surface area contributed by atoms with Gasteiger partial charge in [-0.15, -0.1) is 12.4 Å². The number of fused-ring (bicyclic) bond motifs is 1. The summed E-state index contributed by atoms with van der Waals surface area (Å²) < 4.78 is 1.97. The molecule has 0 radical (unpaired) electrons. The minimum absolute atomic E-state index is 0. The average Bonchev–Trinajstić information content (AvgIpc) is 2.82. The van der Waals surface area contributed by atoms with Crippen LogP contribution in [0.5, 0.6) is 0 Å². The molecule has 0 aliphatic rings. The summed E-state index contributed by atoms with van der Waals surface area (Å²) in [5, 5.41) is 0. The number of rotatable bonds is 2. The number of carbonyl (C=O) groups is 1. The van der Waals surface area contributed by atoms with E-state index < -0.39 is 5.91 Å². The van der Waals surface area contributed by atoms with E-state index in [0.29, 0.717) is 5.56 Å². The molecule has 0 saturated carbocycles. The third-order valence-corrected chi connectivity index (χ3v) is 2.87. The number of hydrogen-bond acceptors (Lipinski definition) is 2. The summed E-state index contributed by atoms with van der Waals surface area (Å²) in [6, 6.07) is 15.2. The van der Waals surface area contributed by atoms with Gasteiger partial charge in [0, 0.05) is 11.3 Å². The van der Waals surface area contributed by atoms with E-state index in [9.17, 15) is 4.79 Å². The van der Waals surface area contributed by atoms with Crippen LogP contribution >= 0.6 is 12.4 Å². The highest BCUT2D eigenvalue weighted by Crippen LogP contribution is 2.19. The average molecular weight is 274 g/mol. The number of nitrogens with two attached hydrogens (primary N) is 1. The predicted molar refractivity (Wildman–Crippen MR) is 76.8 cm³/mol. The molecule has 5 heteroatoms. The molecule has 19 heavy (non-hydrogen) atoms. The minimum atomic E-state index is -0.439. The molecule has 1 amide bonds. The Balaban J connectivity index is 0.00000133. The molecule has 0 bridgehead atoms. The van der Waals surface area contributed by atoms with Gasteiger partial charge in [0.2, 0.25) is 5.91 Å². The Hall–Kier alpha value is -2.33. The number of nitrogens with zero attached hydrogens (tertiary/aromatic N) is 2. The first-order valence-electron chi connectivity index (χ1n) is 5.58. The van der Waals surface area contributed by atoms with E-state index in [4.69, 9.17) is 5.73 Å². The lowest BCUT2D eigenvalue weighted by Gasteiger charge is -2.03. The maximum absolute atomic E-state index is 11.1.